The second-order valence-electron chi connectivity index (χ2n) is 5.03. The Labute approximate surface area is 121 Å². The molecule has 0 aliphatic heterocycles. The Bertz CT molecular complexity index is 520. The summed E-state index contributed by atoms with van der Waals surface area (Å²) in [4.78, 5) is 9.09. The molecule has 2 N–H and O–H groups in total. The predicted molar refractivity (Wildman–Crippen MR) is 74.8 cm³/mol. The molecule has 0 heterocycles. The summed E-state index contributed by atoms with van der Waals surface area (Å²) < 4.78 is 23.7. The van der Waals surface area contributed by atoms with Gasteiger partial charge in [-0.1, -0.05) is 47.1 Å². The second kappa shape index (κ2) is 6.51. The topological polar surface area (TPSA) is 42.5 Å². The molecule has 0 unspecified atom stereocenters. The minimum absolute atomic E-state index is 0.274. The third kappa shape index (κ3) is 3.48. The van der Waals surface area contributed by atoms with Crippen molar-refractivity contribution in [1.82, 2.24) is 11.4 Å². The van der Waals surface area contributed by atoms with Crippen LogP contribution in [0.15, 0.2) is 48.5 Å². The molecule has 0 amide bonds. The van der Waals surface area contributed by atoms with E-state index in [4.69, 9.17) is 0 Å². The van der Waals surface area contributed by atoms with Crippen LogP contribution in [-0.4, -0.2) is 0 Å². The molecule has 0 fully saturated rings. The first-order chi connectivity index (χ1) is 10.1. The van der Waals surface area contributed by atoms with Crippen LogP contribution in [0.3, 0.4) is 0 Å². The molecular weight excluding hydrogens is 278 g/mol. The second-order valence-corrected chi connectivity index (χ2v) is 5.03. The van der Waals surface area contributed by atoms with Crippen LogP contribution in [0.1, 0.15) is 25.0 Å². The van der Waals surface area contributed by atoms with E-state index in [2.05, 4.69) is 23.5 Å². The summed E-state index contributed by atoms with van der Waals surface area (Å²) in [6.07, 6.45) is 0. The van der Waals surface area contributed by atoms with Crippen molar-refractivity contribution in [3.63, 3.8) is 0 Å². The summed E-state index contributed by atoms with van der Waals surface area (Å²) in [5, 5.41) is 0. The van der Waals surface area contributed by atoms with Crippen molar-refractivity contribution < 1.29 is 18.6 Å². The molecule has 6 heteroatoms. The number of hydrogen-bond donors (Lipinski definition) is 2. The molecule has 0 aliphatic carbocycles. The van der Waals surface area contributed by atoms with Gasteiger partial charge in [0.2, 0.25) is 0 Å². The van der Waals surface area contributed by atoms with Crippen molar-refractivity contribution in [1.29, 1.82) is 0 Å². The normalized spacial score (nSPS) is 11.2. The van der Waals surface area contributed by atoms with Gasteiger partial charge in [-0.3, -0.25) is 0 Å². The van der Waals surface area contributed by atoms with Gasteiger partial charge in [-0.05, 0) is 35.4 Å². The Kier molecular flexibility index (Phi) is 4.72. The summed E-state index contributed by atoms with van der Waals surface area (Å²) in [6, 6.07) is 14.1. The van der Waals surface area contributed by atoms with Gasteiger partial charge in [-0.2, -0.15) is 0 Å². The first-order valence-corrected chi connectivity index (χ1v) is 6.34. The molecular formula is C15H16F2N2O2. The molecule has 0 atom stereocenters. The molecule has 2 aromatic carbocycles. The number of hydrogen-bond acceptors (Lipinski definition) is 4. The van der Waals surface area contributed by atoms with Crippen LogP contribution in [0.25, 0.3) is 0 Å². The van der Waals surface area contributed by atoms with Gasteiger partial charge >= 0.3 is 0 Å². The highest BCUT2D eigenvalue weighted by Gasteiger charge is 2.23. The largest absolute Gasteiger partial charge is 0.379 e. The van der Waals surface area contributed by atoms with Crippen LogP contribution in [0.5, 0.6) is 11.5 Å². The van der Waals surface area contributed by atoms with Crippen LogP contribution < -0.4 is 21.1 Å². The third-order valence-corrected chi connectivity index (χ3v) is 3.46. The van der Waals surface area contributed by atoms with E-state index in [9.17, 15) is 8.96 Å². The fourth-order valence-corrected chi connectivity index (χ4v) is 2.14. The van der Waals surface area contributed by atoms with Gasteiger partial charge in [0.15, 0.2) is 11.5 Å². The Morgan fingerprint density at radius 2 is 1.05 bits per heavy atom. The number of benzene rings is 2. The van der Waals surface area contributed by atoms with Gasteiger partial charge in [0, 0.05) is 16.8 Å². The first-order valence-electron chi connectivity index (χ1n) is 6.34. The third-order valence-electron chi connectivity index (χ3n) is 3.46. The van der Waals surface area contributed by atoms with E-state index in [-0.39, 0.29) is 5.41 Å². The molecule has 21 heavy (non-hydrogen) atoms. The summed E-state index contributed by atoms with van der Waals surface area (Å²) in [5.74, 6) is 0.768. The van der Waals surface area contributed by atoms with Crippen molar-refractivity contribution >= 4 is 0 Å². The van der Waals surface area contributed by atoms with Crippen molar-refractivity contribution in [2.75, 3.05) is 0 Å². The van der Waals surface area contributed by atoms with Gasteiger partial charge in [-0.25, -0.2) is 0 Å². The highest BCUT2D eigenvalue weighted by molar-refractivity contribution is 5.41. The van der Waals surface area contributed by atoms with Crippen LogP contribution in [0, 0.1) is 0 Å². The Hall–Kier alpha value is -2.18. The summed E-state index contributed by atoms with van der Waals surface area (Å²) in [5.41, 5.74) is 4.08. The van der Waals surface area contributed by atoms with Crippen LogP contribution >= 0.6 is 0 Å². The van der Waals surface area contributed by atoms with Crippen LogP contribution in [0.2, 0.25) is 0 Å². The lowest BCUT2D eigenvalue weighted by Crippen LogP contribution is -2.19. The molecule has 0 aromatic heterocycles. The van der Waals surface area contributed by atoms with Crippen molar-refractivity contribution in [2.45, 2.75) is 19.3 Å². The lowest BCUT2D eigenvalue weighted by atomic mass is 9.78. The van der Waals surface area contributed by atoms with Crippen molar-refractivity contribution in [2.24, 2.45) is 0 Å². The van der Waals surface area contributed by atoms with Crippen LogP contribution in [-0.2, 0) is 5.41 Å². The van der Waals surface area contributed by atoms with Gasteiger partial charge in [0.05, 0.1) is 0 Å². The van der Waals surface area contributed by atoms with E-state index in [1.807, 2.05) is 24.3 Å². The Morgan fingerprint density at radius 1 is 0.714 bits per heavy atom. The quantitative estimate of drug-likeness (QED) is 0.631. The molecule has 0 aliphatic rings. The molecule has 0 radical (unpaired) electrons. The molecule has 2 rings (SSSR count). The van der Waals surface area contributed by atoms with Crippen molar-refractivity contribution in [3.05, 3.63) is 59.7 Å². The maximum absolute atomic E-state index is 11.9. The molecule has 4 nitrogen and oxygen atoms in total. The molecule has 0 spiro atoms. The van der Waals surface area contributed by atoms with E-state index >= 15 is 0 Å². The van der Waals surface area contributed by atoms with Gasteiger partial charge in [-0.15, -0.1) is 0 Å². The smallest absolute Gasteiger partial charge is 0.150 e. The van der Waals surface area contributed by atoms with E-state index in [1.54, 1.807) is 24.3 Å². The zero-order valence-electron chi connectivity index (χ0n) is 11.7. The number of nitrogens with one attached hydrogen (secondary N) is 2. The molecule has 2 aromatic rings. The SMILES string of the molecule is CC(C)(c1ccc(ONF)cc1)c1ccc(ONF)cc1. The summed E-state index contributed by atoms with van der Waals surface area (Å²) >= 11 is 0. The molecule has 0 saturated heterocycles. The molecule has 0 saturated carbocycles. The fourth-order valence-electron chi connectivity index (χ4n) is 2.14. The van der Waals surface area contributed by atoms with Gasteiger partial charge < -0.3 is 9.68 Å². The van der Waals surface area contributed by atoms with E-state index in [1.165, 1.54) is 0 Å². The lowest BCUT2D eigenvalue weighted by Gasteiger charge is -2.26. The first kappa shape index (κ1) is 15.2. The van der Waals surface area contributed by atoms with E-state index < -0.39 is 0 Å². The van der Waals surface area contributed by atoms with Crippen LogP contribution in [0.4, 0.5) is 8.96 Å². The zero-order chi connectivity index (χ0) is 15.3. The Balaban J connectivity index is 2.23. The van der Waals surface area contributed by atoms with Crippen molar-refractivity contribution in [3.8, 4) is 11.5 Å². The highest BCUT2D eigenvalue weighted by Crippen LogP contribution is 2.33. The Morgan fingerprint density at radius 3 is 1.33 bits per heavy atom. The molecule has 0 bridgehead atoms. The average Bonchev–Trinajstić information content (AvgIpc) is 2.49. The van der Waals surface area contributed by atoms with Gasteiger partial charge in [0.1, 0.15) is 0 Å². The fraction of sp³-hybridized carbons (Fsp3) is 0.200. The standard InChI is InChI=1S/C15H16F2N2O2/c1-15(2,11-3-7-13(8-4-11)20-18-16)12-5-9-14(10-6-12)21-19-17/h3-10,18-19H,1-2H3. The number of halogens is 2. The van der Waals surface area contributed by atoms with Gasteiger partial charge in [0.25, 0.3) is 0 Å². The average molecular weight is 294 g/mol. The summed E-state index contributed by atoms with van der Waals surface area (Å²) in [6.45, 7) is 4.11. The maximum Gasteiger partial charge on any atom is 0.150 e. The van der Waals surface area contributed by atoms with E-state index in [0.29, 0.717) is 11.5 Å². The van der Waals surface area contributed by atoms with E-state index in [0.717, 1.165) is 22.5 Å². The number of rotatable bonds is 6. The predicted octanol–water partition coefficient (Wildman–Crippen LogP) is 3.55. The monoisotopic (exact) mass is 294 g/mol. The minimum atomic E-state index is -0.274. The highest BCUT2D eigenvalue weighted by atomic mass is 19.2. The molecule has 112 valence electrons. The lowest BCUT2D eigenvalue weighted by molar-refractivity contribution is 0.0449. The summed E-state index contributed by atoms with van der Waals surface area (Å²) in [7, 11) is 0. The zero-order valence-corrected chi connectivity index (χ0v) is 11.7. The maximum atomic E-state index is 11.9. The minimum Gasteiger partial charge on any atom is -0.379 e.